The van der Waals surface area contributed by atoms with Gasteiger partial charge in [-0.25, -0.2) is 0 Å². The maximum atomic E-state index is 9.99. The first-order valence-electron chi connectivity index (χ1n) is 1.56. The fourth-order valence-electron chi connectivity index (χ4n) is 0.0915. The average molecular weight is 150 g/mol. The number of rotatable bonds is 2. The van der Waals surface area contributed by atoms with Crippen LogP contribution in [0, 0.1) is 0 Å². The third-order valence-corrected chi connectivity index (χ3v) is 0.795. The van der Waals surface area contributed by atoms with Crippen LogP contribution in [0.3, 0.4) is 0 Å². The summed E-state index contributed by atoms with van der Waals surface area (Å²) in [5.41, 5.74) is 0. The second-order valence-corrected chi connectivity index (χ2v) is 1.75. The van der Waals surface area contributed by atoms with Gasteiger partial charge in [-0.3, -0.25) is 14.4 Å². The van der Waals surface area contributed by atoms with Crippen LogP contribution in [0.1, 0.15) is 0 Å². The number of hydrogen-bond acceptors (Lipinski definition) is 3. The van der Waals surface area contributed by atoms with Gasteiger partial charge in [0.2, 0.25) is 0 Å². The zero-order valence-corrected chi connectivity index (χ0v) is 5.41. The van der Waals surface area contributed by atoms with E-state index in [9.17, 15) is 14.4 Å². The molecule has 0 aromatic heterocycles. The van der Waals surface area contributed by atoms with Gasteiger partial charge in [0, 0.05) is 0 Å². The predicted molar refractivity (Wildman–Crippen MR) is 33.0 cm³/mol. The van der Waals surface area contributed by atoms with Crippen LogP contribution < -0.4 is 0 Å². The number of carbonyl (C=O) groups is 3. The summed E-state index contributed by atoms with van der Waals surface area (Å²) in [7, 11) is 0. The summed E-state index contributed by atoms with van der Waals surface area (Å²) in [4.78, 5) is 29.7. The number of carbonyl (C=O) groups excluding carboxylic acids is 3. The Morgan fingerprint density at radius 3 is 1.12 bits per heavy atom. The molecule has 0 bridgehead atoms. The van der Waals surface area contributed by atoms with E-state index in [2.05, 4.69) is 25.3 Å². The van der Waals surface area contributed by atoms with Gasteiger partial charge in [-0.1, -0.05) is 25.3 Å². The minimum absolute atomic E-state index is 1.08. The molecule has 5 heteroatoms. The van der Waals surface area contributed by atoms with Crippen molar-refractivity contribution in [1.29, 1.82) is 0 Å². The summed E-state index contributed by atoms with van der Waals surface area (Å²) in [5.74, 6) is -1.20. The SMILES string of the molecule is O=C(S)C(=O)C(=O)S. The second-order valence-electron chi connectivity index (χ2n) is 0.939. The molecule has 0 aliphatic carbocycles. The van der Waals surface area contributed by atoms with E-state index in [1.54, 1.807) is 0 Å². The summed E-state index contributed by atoms with van der Waals surface area (Å²) in [6.45, 7) is 0. The largest absolute Gasteiger partial charge is 0.285 e. The third kappa shape index (κ3) is 2.13. The molecule has 8 heavy (non-hydrogen) atoms. The molecule has 0 aliphatic rings. The molecule has 0 atom stereocenters. The monoisotopic (exact) mass is 150 g/mol. The van der Waals surface area contributed by atoms with Gasteiger partial charge in [0.25, 0.3) is 16.0 Å². The molecule has 0 N–H and O–H groups in total. The Morgan fingerprint density at radius 1 is 0.875 bits per heavy atom. The molecular formula is C3H2O3S2. The van der Waals surface area contributed by atoms with Crippen LogP contribution in [-0.4, -0.2) is 16.0 Å². The van der Waals surface area contributed by atoms with Gasteiger partial charge in [-0.2, -0.15) is 0 Å². The maximum Gasteiger partial charge on any atom is 0.285 e. The molecule has 0 aliphatic heterocycles. The van der Waals surface area contributed by atoms with Gasteiger partial charge in [-0.15, -0.1) is 0 Å². The van der Waals surface area contributed by atoms with Crippen molar-refractivity contribution in [3.05, 3.63) is 0 Å². The number of Topliss-reactive ketones (excluding diaryl/α,β-unsaturated/α-hetero) is 1. The van der Waals surface area contributed by atoms with Crippen LogP contribution in [-0.2, 0) is 14.4 Å². The number of thiol groups is 2. The molecule has 0 fully saturated rings. The molecule has 3 nitrogen and oxygen atoms in total. The van der Waals surface area contributed by atoms with Crippen molar-refractivity contribution in [1.82, 2.24) is 0 Å². The topological polar surface area (TPSA) is 51.2 Å². The summed E-state index contributed by atoms with van der Waals surface area (Å²) in [6.07, 6.45) is 0. The highest BCUT2D eigenvalue weighted by atomic mass is 32.1. The fourth-order valence-corrected chi connectivity index (χ4v) is 0.383. The van der Waals surface area contributed by atoms with Crippen molar-refractivity contribution < 1.29 is 14.4 Å². The number of ketones is 1. The molecule has 0 rings (SSSR count). The molecule has 0 saturated heterocycles. The summed E-state index contributed by atoms with van der Waals surface area (Å²) in [6, 6.07) is 0. The fraction of sp³-hybridized carbons (Fsp3) is 0. The van der Waals surface area contributed by atoms with Gasteiger partial charge in [0.1, 0.15) is 0 Å². The summed E-state index contributed by atoms with van der Waals surface area (Å²) < 4.78 is 0. The van der Waals surface area contributed by atoms with E-state index in [-0.39, 0.29) is 0 Å². The quantitative estimate of drug-likeness (QED) is 0.316. The van der Waals surface area contributed by atoms with E-state index >= 15 is 0 Å². The van der Waals surface area contributed by atoms with Gasteiger partial charge >= 0.3 is 0 Å². The highest BCUT2D eigenvalue weighted by Gasteiger charge is 2.14. The lowest BCUT2D eigenvalue weighted by molar-refractivity contribution is -0.137. The standard InChI is InChI=1S/C3H2O3S2/c4-1(2(5)7)3(6)8/h(H,5,7)(H,6,8). The lowest BCUT2D eigenvalue weighted by Gasteiger charge is -1.80. The van der Waals surface area contributed by atoms with E-state index in [1.807, 2.05) is 0 Å². The first kappa shape index (κ1) is 7.71. The van der Waals surface area contributed by atoms with Crippen molar-refractivity contribution in [2.24, 2.45) is 0 Å². The molecule has 0 unspecified atom stereocenters. The highest BCUT2D eigenvalue weighted by Crippen LogP contribution is 1.86. The van der Waals surface area contributed by atoms with Gasteiger partial charge in [-0.05, 0) is 0 Å². The Labute approximate surface area is 56.3 Å². The van der Waals surface area contributed by atoms with Crippen LogP contribution in [0.5, 0.6) is 0 Å². The van der Waals surface area contributed by atoms with E-state index in [4.69, 9.17) is 0 Å². The molecule has 0 radical (unpaired) electrons. The van der Waals surface area contributed by atoms with Crippen LogP contribution in [0.15, 0.2) is 0 Å². The minimum Gasteiger partial charge on any atom is -0.280 e. The van der Waals surface area contributed by atoms with Crippen LogP contribution in [0.4, 0.5) is 0 Å². The van der Waals surface area contributed by atoms with Crippen molar-refractivity contribution in [2.75, 3.05) is 0 Å². The predicted octanol–water partition coefficient (Wildman–Crippen LogP) is -0.532. The van der Waals surface area contributed by atoms with Crippen LogP contribution >= 0.6 is 25.3 Å². The molecule has 0 saturated carbocycles. The summed E-state index contributed by atoms with van der Waals surface area (Å²) >= 11 is 6.15. The lowest BCUT2D eigenvalue weighted by atomic mass is 10.5. The normalized spacial score (nSPS) is 8.25. The smallest absolute Gasteiger partial charge is 0.280 e. The molecular weight excluding hydrogens is 148 g/mol. The Hall–Kier alpha value is -0.290. The first-order chi connectivity index (χ1) is 3.55. The molecule has 0 heterocycles. The third-order valence-electron chi connectivity index (χ3n) is 0.388. The Kier molecular flexibility index (Phi) is 2.78. The van der Waals surface area contributed by atoms with E-state index in [1.165, 1.54) is 0 Å². The molecule has 0 aromatic rings. The van der Waals surface area contributed by atoms with Crippen molar-refractivity contribution in [3.8, 4) is 0 Å². The van der Waals surface area contributed by atoms with Crippen molar-refractivity contribution >= 4 is 41.3 Å². The molecule has 0 spiro atoms. The molecule has 44 valence electrons. The van der Waals surface area contributed by atoms with Gasteiger partial charge < -0.3 is 0 Å². The van der Waals surface area contributed by atoms with Gasteiger partial charge in [0.05, 0.1) is 0 Å². The Balaban J connectivity index is 4.05. The van der Waals surface area contributed by atoms with E-state index in [0.29, 0.717) is 0 Å². The van der Waals surface area contributed by atoms with Crippen LogP contribution in [0.25, 0.3) is 0 Å². The zero-order valence-electron chi connectivity index (χ0n) is 3.62. The van der Waals surface area contributed by atoms with E-state index < -0.39 is 16.0 Å². The van der Waals surface area contributed by atoms with Crippen molar-refractivity contribution in [3.63, 3.8) is 0 Å². The highest BCUT2D eigenvalue weighted by molar-refractivity contribution is 8.03. The number of hydrogen-bond donors (Lipinski definition) is 2. The lowest BCUT2D eigenvalue weighted by Crippen LogP contribution is -2.13. The van der Waals surface area contributed by atoms with Gasteiger partial charge in [0.15, 0.2) is 0 Å². The Morgan fingerprint density at radius 2 is 1.12 bits per heavy atom. The Bertz CT molecular complexity index is 135. The zero-order chi connectivity index (χ0) is 6.73. The summed E-state index contributed by atoms with van der Waals surface area (Å²) in [5, 5.41) is -2.16. The molecule has 0 amide bonds. The molecule has 0 aromatic carbocycles. The van der Waals surface area contributed by atoms with Crippen molar-refractivity contribution in [2.45, 2.75) is 0 Å². The second kappa shape index (κ2) is 2.88. The minimum atomic E-state index is -1.20. The maximum absolute atomic E-state index is 9.99. The van der Waals surface area contributed by atoms with Crippen LogP contribution in [0.2, 0.25) is 0 Å². The average Bonchev–Trinajstić information content (AvgIpc) is 1.64. The van der Waals surface area contributed by atoms with E-state index in [0.717, 1.165) is 0 Å². The first-order valence-corrected chi connectivity index (χ1v) is 2.45.